The van der Waals surface area contributed by atoms with E-state index in [4.69, 9.17) is 5.26 Å². The van der Waals surface area contributed by atoms with E-state index in [-0.39, 0.29) is 0 Å². The Kier molecular flexibility index (Phi) is 3.94. The average Bonchev–Trinajstić information content (AvgIpc) is 2.38. The molecule has 0 aliphatic carbocycles. The molecule has 1 saturated heterocycles. The smallest absolute Gasteiger partial charge is 0.142 e. The van der Waals surface area contributed by atoms with Gasteiger partial charge in [0.25, 0.3) is 0 Å². The van der Waals surface area contributed by atoms with Crippen molar-refractivity contribution in [2.75, 3.05) is 32.0 Å². The molecule has 2 heterocycles. The normalized spacial score (nSPS) is 17.6. The van der Waals surface area contributed by atoms with Gasteiger partial charge in [0, 0.05) is 18.4 Å². The molecule has 4 heteroatoms. The lowest BCUT2D eigenvalue weighted by Crippen LogP contribution is -2.32. The van der Waals surface area contributed by atoms with Crippen LogP contribution in [0.25, 0.3) is 0 Å². The largest absolute Gasteiger partial charge is 0.385 e. The summed E-state index contributed by atoms with van der Waals surface area (Å²) in [6.07, 6.45) is 4.18. The van der Waals surface area contributed by atoms with Crippen molar-refractivity contribution >= 4 is 5.69 Å². The fourth-order valence-corrected chi connectivity index (χ4v) is 2.13. The van der Waals surface area contributed by atoms with Crippen LogP contribution >= 0.6 is 0 Å². The minimum atomic E-state index is 0.471. The maximum Gasteiger partial charge on any atom is 0.142 e. The SMILES string of the molecule is CN1CCC(CNc2ccnc(C#N)c2)CC1. The molecule has 0 spiro atoms. The third kappa shape index (κ3) is 3.43. The van der Waals surface area contributed by atoms with Gasteiger partial charge in [0.15, 0.2) is 0 Å². The number of likely N-dealkylation sites (tertiary alicyclic amines) is 1. The Hall–Kier alpha value is -1.60. The highest BCUT2D eigenvalue weighted by atomic mass is 15.1. The molecule has 0 atom stereocenters. The van der Waals surface area contributed by atoms with E-state index < -0.39 is 0 Å². The fraction of sp³-hybridized carbons (Fsp3) is 0.538. The Labute approximate surface area is 102 Å². The fourth-order valence-electron chi connectivity index (χ4n) is 2.13. The lowest BCUT2D eigenvalue weighted by molar-refractivity contribution is 0.226. The predicted octanol–water partition coefficient (Wildman–Crippen LogP) is 1.71. The monoisotopic (exact) mass is 230 g/mol. The molecule has 0 unspecified atom stereocenters. The number of hydrogen-bond donors (Lipinski definition) is 1. The summed E-state index contributed by atoms with van der Waals surface area (Å²) in [5.41, 5.74) is 1.47. The molecular formula is C13H18N4. The number of pyridine rings is 1. The van der Waals surface area contributed by atoms with Crippen LogP contribution in [0.15, 0.2) is 18.3 Å². The molecule has 0 radical (unpaired) electrons. The van der Waals surface area contributed by atoms with Crippen LogP contribution in [-0.2, 0) is 0 Å². The highest BCUT2D eigenvalue weighted by Crippen LogP contribution is 2.17. The second-order valence-corrected chi connectivity index (χ2v) is 4.67. The summed E-state index contributed by atoms with van der Waals surface area (Å²) in [4.78, 5) is 6.33. The molecule has 0 saturated carbocycles. The van der Waals surface area contributed by atoms with Crippen LogP contribution in [-0.4, -0.2) is 36.6 Å². The van der Waals surface area contributed by atoms with E-state index in [1.165, 1.54) is 25.9 Å². The molecule has 2 rings (SSSR count). The summed E-state index contributed by atoms with van der Waals surface area (Å²) >= 11 is 0. The first kappa shape index (κ1) is 11.9. The van der Waals surface area contributed by atoms with E-state index in [2.05, 4.69) is 28.3 Å². The van der Waals surface area contributed by atoms with Crippen molar-refractivity contribution < 1.29 is 0 Å². The van der Waals surface area contributed by atoms with Crippen LogP contribution in [0.5, 0.6) is 0 Å². The molecule has 0 amide bonds. The quantitative estimate of drug-likeness (QED) is 0.858. The summed E-state index contributed by atoms with van der Waals surface area (Å²) < 4.78 is 0. The van der Waals surface area contributed by atoms with Gasteiger partial charge in [-0.3, -0.25) is 0 Å². The highest BCUT2D eigenvalue weighted by molar-refractivity contribution is 5.45. The van der Waals surface area contributed by atoms with Crippen molar-refractivity contribution in [1.29, 1.82) is 5.26 Å². The van der Waals surface area contributed by atoms with E-state index in [9.17, 15) is 0 Å². The Bertz CT molecular complexity index is 402. The van der Waals surface area contributed by atoms with Crippen molar-refractivity contribution in [2.45, 2.75) is 12.8 Å². The maximum atomic E-state index is 8.76. The van der Waals surface area contributed by atoms with E-state index in [1.807, 2.05) is 6.07 Å². The standard InChI is InChI=1S/C13H18N4/c1-17-6-3-11(4-7-17)10-16-12-2-5-15-13(8-12)9-14/h2,5,8,11H,3-4,6-7,10H2,1H3,(H,15,16). The van der Waals surface area contributed by atoms with Gasteiger partial charge in [0.1, 0.15) is 11.8 Å². The van der Waals surface area contributed by atoms with Gasteiger partial charge in [0.05, 0.1) is 0 Å². The molecule has 1 aliphatic heterocycles. The molecule has 1 aliphatic rings. The van der Waals surface area contributed by atoms with Crippen LogP contribution in [0, 0.1) is 17.2 Å². The first-order valence-corrected chi connectivity index (χ1v) is 6.06. The number of nitriles is 1. The zero-order valence-corrected chi connectivity index (χ0v) is 10.2. The molecule has 90 valence electrons. The van der Waals surface area contributed by atoms with Crippen LogP contribution in [0.2, 0.25) is 0 Å². The first-order valence-electron chi connectivity index (χ1n) is 6.06. The number of piperidine rings is 1. The van der Waals surface area contributed by atoms with Crippen molar-refractivity contribution in [1.82, 2.24) is 9.88 Å². The maximum absolute atomic E-state index is 8.76. The van der Waals surface area contributed by atoms with E-state index in [0.717, 1.165) is 18.2 Å². The lowest BCUT2D eigenvalue weighted by atomic mass is 9.97. The number of anilines is 1. The molecule has 0 aromatic carbocycles. The first-order chi connectivity index (χ1) is 8.28. The summed E-state index contributed by atoms with van der Waals surface area (Å²) in [6, 6.07) is 5.77. The van der Waals surface area contributed by atoms with Gasteiger partial charge in [-0.2, -0.15) is 5.26 Å². The Morgan fingerprint density at radius 3 is 3.00 bits per heavy atom. The molecule has 1 fully saturated rings. The highest BCUT2D eigenvalue weighted by Gasteiger charge is 2.16. The molecule has 4 nitrogen and oxygen atoms in total. The molecular weight excluding hydrogens is 212 g/mol. The van der Waals surface area contributed by atoms with Crippen molar-refractivity contribution in [3.05, 3.63) is 24.0 Å². The minimum absolute atomic E-state index is 0.471. The van der Waals surface area contributed by atoms with Crippen molar-refractivity contribution in [3.63, 3.8) is 0 Å². The van der Waals surface area contributed by atoms with Gasteiger partial charge in [-0.15, -0.1) is 0 Å². The van der Waals surface area contributed by atoms with Gasteiger partial charge in [-0.05, 0) is 51.0 Å². The third-order valence-corrected chi connectivity index (χ3v) is 3.31. The third-order valence-electron chi connectivity index (χ3n) is 3.31. The molecule has 17 heavy (non-hydrogen) atoms. The van der Waals surface area contributed by atoms with Gasteiger partial charge >= 0.3 is 0 Å². The predicted molar refractivity (Wildman–Crippen MR) is 67.7 cm³/mol. The summed E-state index contributed by atoms with van der Waals surface area (Å²) in [6.45, 7) is 3.36. The molecule has 1 N–H and O–H groups in total. The summed E-state index contributed by atoms with van der Waals surface area (Å²) in [7, 11) is 2.17. The Morgan fingerprint density at radius 2 is 2.29 bits per heavy atom. The second kappa shape index (κ2) is 5.65. The topological polar surface area (TPSA) is 52.0 Å². The van der Waals surface area contributed by atoms with Crippen LogP contribution in [0.4, 0.5) is 5.69 Å². The van der Waals surface area contributed by atoms with Crippen LogP contribution in [0.1, 0.15) is 18.5 Å². The summed E-state index contributed by atoms with van der Waals surface area (Å²) in [5, 5.41) is 12.2. The average molecular weight is 230 g/mol. The van der Waals surface area contributed by atoms with Crippen LogP contribution in [0.3, 0.4) is 0 Å². The minimum Gasteiger partial charge on any atom is -0.385 e. The zero-order chi connectivity index (χ0) is 12.1. The van der Waals surface area contributed by atoms with Crippen molar-refractivity contribution in [2.24, 2.45) is 5.92 Å². The number of aromatic nitrogens is 1. The van der Waals surface area contributed by atoms with E-state index in [0.29, 0.717) is 5.69 Å². The lowest BCUT2D eigenvalue weighted by Gasteiger charge is -2.29. The van der Waals surface area contributed by atoms with Gasteiger partial charge < -0.3 is 10.2 Å². The number of rotatable bonds is 3. The van der Waals surface area contributed by atoms with Gasteiger partial charge in [-0.1, -0.05) is 0 Å². The van der Waals surface area contributed by atoms with E-state index in [1.54, 1.807) is 12.3 Å². The van der Waals surface area contributed by atoms with Crippen molar-refractivity contribution in [3.8, 4) is 6.07 Å². The number of nitrogens with one attached hydrogen (secondary N) is 1. The summed E-state index contributed by atoms with van der Waals surface area (Å²) in [5.74, 6) is 0.741. The Balaban J connectivity index is 1.83. The Morgan fingerprint density at radius 1 is 1.53 bits per heavy atom. The second-order valence-electron chi connectivity index (χ2n) is 4.67. The number of nitrogens with zero attached hydrogens (tertiary/aromatic N) is 3. The zero-order valence-electron chi connectivity index (χ0n) is 10.2. The van der Waals surface area contributed by atoms with Crippen LogP contribution < -0.4 is 5.32 Å². The molecule has 0 bridgehead atoms. The van der Waals surface area contributed by atoms with Gasteiger partial charge in [-0.25, -0.2) is 4.98 Å². The number of hydrogen-bond acceptors (Lipinski definition) is 4. The van der Waals surface area contributed by atoms with E-state index >= 15 is 0 Å². The molecule has 1 aromatic rings. The molecule has 1 aromatic heterocycles. The van der Waals surface area contributed by atoms with Gasteiger partial charge in [0.2, 0.25) is 0 Å².